The monoisotopic (exact) mass is 416 g/mol. The van der Waals surface area contributed by atoms with Crippen molar-refractivity contribution in [3.8, 4) is 0 Å². The fraction of sp³-hybridized carbons (Fsp3) is 0. The van der Waals surface area contributed by atoms with Crippen molar-refractivity contribution in [2.45, 2.75) is 0 Å². The molecule has 0 saturated carbocycles. The Bertz CT molecular complexity index is 1300. The standard InChI is InChI=1S/C24H18OP2S/c25-27(18-7-3-1-4-8-18,19-9-5-2-6-10-19)20-12-14-24-22(16-20)21-15-17(26)11-13-23(21)28-24/h1-16H,26H2. The number of fused-ring (bicyclic) bond motifs is 3. The van der Waals surface area contributed by atoms with Crippen molar-refractivity contribution in [3.05, 3.63) is 97.1 Å². The minimum atomic E-state index is -2.95. The normalized spacial score (nSPS) is 11.9. The Morgan fingerprint density at radius 1 is 0.607 bits per heavy atom. The maximum absolute atomic E-state index is 14.6. The van der Waals surface area contributed by atoms with E-state index < -0.39 is 7.14 Å². The zero-order chi connectivity index (χ0) is 19.1. The van der Waals surface area contributed by atoms with Crippen molar-refractivity contribution >= 4 is 69.1 Å². The largest absolute Gasteiger partial charge is 0.309 e. The topological polar surface area (TPSA) is 17.1 Å². The molecule has 0 saturated heterocycles. The summed E-state index contributed by atoms with van der Waals surface area (Å²) < 4.78 is 17.1. The lowest BCUT2D eigenvalue weighted by Gasteiger charge is -2.20. The molecule has 28 heavy (non-hydrogen) atoms. The molecule has 1 atom stereocenters. The van der Waals surface area contributed by atoms with Crippen molar-refractivity contribution in [3.63, 3.8) is 0 Å². The Labute approximate surface area is 170 Å². The molecule has 0 aliphatic rings. The highest BCUT2D eigenvalue weighted by molar-refractivity contribution is 7.85. The summed E-state index contributed by atoms with van der Waals surface area (Å²) in [5, 5.41) is 6.17. The van der Waals surface area contributed by atoms with Gasteiger partial charge in [0.15, 0.2) is 7.14 Å². The van der Waals surface area contributed by atoms with E-state index >= 15 is 0 Å². The van der Waals surface area contributed by atoms with Crippen molar-refractivity contribution in [2.75, 3.05) is 0 Å². The quantitative estimate of drug-likeness (QED) is 0.370. The summed E-state index contributed by atoms with van der Waals surface area (Å²) in [6.07, 6.45) is 0. The fourth-order valence-corrected chi connectivity index (χ4v) is 7.71. The van der Waals surface area contributed by atoms with Crippen molar-refractivity contribution < 1.29 is 4.57 Å². The molecule has 136 valence electrons. The van der Waals surface area contributed by atoms with Crippen LogP contribution >= 0.6 is 27.7 Å². The van der Waals surface area contributed by atoms with Crippen LogP contribution in [0.2, 0.25) is 0 Å². The predicted octanol–water partition coefficient (Wildman–Crippen LogP) is 5.19. The first-order chi connectivity index (χ1) is 13.7. The Kier molecular flexibility index (Phi) is 4.44. The third kappa shape index (κ3) is 2.85. The Morgan fingerprint density at radius 3 is 1.75 bits per heavy atom. The molecule has 4 aromatic carbocycles. The van der Waals surface area contributed by atoms with Gasteiger partial charge in [-0.1, -0.05) is 66.7 Å². The molecule has 0 bridgehead atoms. The van der Waals surface area contributed by atoms with Gasteiger partial charge in [-0.05, 0) is 35.6 Å². The van der Waals surface area contributed by atoms with Gasteiger partial charge in [0.05, 0.1) is 0 Å². The first-order valence-corrected chi connectivity index (χ1v) is 12.2. The van der Waals surface area contributed by atoms with Gasteiger partial charge in [0.1, 0.15) is 0 Å². The smallest absolute Gasteiger partial charge is 0.171 e. The summed E-state index contributed by atoms with van der Waals surface area (Å²) in [5.41, 5.74) is 0. The van der Waals surface area contributed by atoms with E-state index in [4.69, 9.17) is 0 Å². The first kappa shape index (κ1) is 17.8. The lowest BCUT2D eigenvalue weighted by Crippen LogP contribution is -2.24. The van der Waals surface area contributed by atoms with E-state index in [1.54, 1.807) is 11.3 Å². The van der Waals surface area contributed by atoms with E-state index in [1.807, 2.05) is 66.7 Å². The van der Waals surface area contributed by atoms with Gasteiger partial charge in [-0.3, -0.25) is 0 Å². The van der Waals surface area contributed by atoms with Crippen molar-refractivity contribution in [1.82, 2.24) is 0 Å². The lowest BCUT2D eigenvalue weighted by molar-refractivity contribution is 0.592. The van der Waals surface area contributed by atoms with Gasteiger partial charge in [0.25, 0.3) is 0 Å². The molecule has 0 N–H and O–H groups in total. The summed E-state index contributed by atoms with van der Waals surface area (Å²) in [6, 6.07) is 32.5. The summed E-state index contributed by atoms with van der Waals surface area (Å²) in [6.45, 7) is 0. The van der Waals surface area contributed by atoms with Gasteiger partial charge in [0, 0.05) is 36.1 Å². The predicted molar refractivity (Wildman–Crippen MR) is 128 cm³/mol. The number of thiophene rings is 1. The number of hydrogen-bond acceptors (Lipinski definition) is 2. The Balaban J connectivity index is 1.82. The summed E-state index contributed by atoms with van der Waals surface area (Å²) in [5.74, 6) is 0. The van der Waals surface area contributed by atoms with Crippen LogP contribution in [0.4, 0.5) is 0 Å². The maximum atomic E-state index is 14.6. The molecule has 1 aromatic heterocycles. The third-order valence-corrected chi connectivity index (χ3v) is 9.65. The van der Waals surface area contributed by atoms with E-state index in [0.29, 0.717) is 0 Å². The van der Waals surface area contributed by atoms with Gasteiger partial charge in [0.2, 0.25) is 0 Å². The van der Waals surface area contributed by atoms with Crippen LogP contribution in [0.5, 0.6) is 0 Å². The fourth-order valence-electron chi connectivity index (χ4n) is 3.70. The molecule has 1 unspecified atom stereocenters. The average Bonchev–Trinajstić information content (AvgIpc) is 3.11. The van der Waals surface area contributed by atoms with Crippen molar-refractivity contribution in [1.29, 1.82) is 0 Å². The Morgan fingerprint density at radius 2 is 1.14 bits per heavy atom. The molecule has 0 radical (unpaired) electrons. The molecule has 5 aromatic rings. The molecule has 1 nitrogen and oxygen atoms in total. The molecule has 0 amide bonds. The number of benzene rings is 4. The van der Waals surface area contributed by atoms with Gasteiger partial charge in [-0.25, -0.2) is 0 Å². The van der Waals surface area contributed by atoms with E-state index in [0.717, 1.165) is 21.2 Å². The van der Waals surface area contributed by atoms with Crippen LogP contribution in [-0.4, -0.2) is 0 Å². The molecule has 0 aliphatic carbocycles. The highest BCUT2D eigenvalue weighted by Crippen LogP contribution is 2.44. The summed E-state index contributed by atoms with van der Waals surface area (Å²) in [4.78, 5) is 0. The lowest BCUT2D eigenvalue weighted by atomic mass is 10.1. The Hall–Kier alpha value is -2.24. The molecule has 0 spiro atoms. The van der Waals surface area contributed by atoms with Gasteiger partial charge in [-0.2, -0.15) is 0 Å². The number of rotatable bonds is 3. The molecule has 0 fully saturated rings. The van der Waals surface area contributed by atoms with Crippen LogP contribution in [0.15, 0.2) is 97.1 Å². The van der Waals surface area contributed by atoms with Gasteiger partial charge >= 0.3 is 0 Å². The SMILES string of the molecule is O=P(c1ccccc1)(c1ccccc1)c1ccc2sc3ccc(P)cc3c2c1. The minimum absolute atomic E-state index is 0.867. The first-order valence-electron chi connectivity index (χ1n) is 9.10. The van der Waals surface area contributed by atoms with Crippen LogP contribution in [0, 0.1) is 0 Å². The van der Waals surface area contributed by atoms with Gasteiger partial charge < -0.3 is 4.57 Å². The average molecular weight is 416 g/mol. The van der Waals surface area contributed by atoms with E-state index in [9.17, 15) is 4.57 Å². The zero-order valence-corrected chi connectivity index (χ0v) is 17.9. The van der Waals surface area contributed by atoms with Crippen LogP contribution in [0.1, 0.15) is 0 Å². The van der Waals surface area contributed by atoms with Crippen molar-refractivity contribution in [2.24, 2.45) is 0 Å². The molecule has 1 heterocycles. The zero-order valence-electron chi connectivity index (χ0n) is 15.1. The molecule has 5 rings (SSSR count). The number of hydrogen-bond donors (Lipinski definition) is 0. The highest BCUT2D eigenvalue weighted by Gasteiger charge is 2.29. The summed E-state index contributed by atoms with van der Waals surface area (Å²) in [7, 11) is -0.178. The molecular weight excluding hydrogens is 398 g/mol. The third-order valence-electron chi connectivity index (χ3n) is 5.08. The summed E-state index contributed by atoms with van der Waals surface area (Å²) >= 11 is 1.78. The maximum Gasteiger partial charge on any atom is 0.171 e. The minimum Gasteiger partial charge on any atom is -0.309 e. The van der Waals surface area contributed by atoms with Gasteiger partial charge in [-0.15, -0.1) is 20.6 Å². The second kappa shape index (κ2) is 6.98. The molecule has 4 heteroatoms. The van der Waals surface area contributed by atoms with E-state index in [-0.39, 0.29) is 0 Å². The second-order valence-electron chi connectivity index (χ2n) is 6.82. The second-order valence-corrected chi connectivity index (χ2v) is 11.3. The molecule has 0 aliphatic heterocycles. The molecular formula is C24H18OP2S. The highest BCUT2D eigenvalue weighted by atomic mass is 32.1. The van der Waals surface area contributed by atoms with Crippen LogP contribution in [0.25, 0.3) is 20.2 Å². The van der Waals surface area contributed by atoms with Crippen LogP contribution < -0.4 is 21.2 Å². The van der Waals surface area contributed by atoms with E-state index in [2.05, 4.69) is 39.6 Å². The van der Waals surface area contributed by atoms with Crippen LogP contribution in [-0.2, 0) is 4.57 Å². The van der Waals surface area contributed by atoms with Crippen LogP contribution in [0.3, 0.4) is 0 Å². The van der Waals surface area contributed by atoms with E-state index in [1.165, 1.54) is 20.2 Å².